The van der Waals surface area contributed by atoms with E-state index in [9.17, 15) is 9.59 Å². The lowest BCUT2D eigenvalue weighted by atomic mass is 10.1. The van der Waals surface area contributed by atoms with Gasteiger partial charge < -0.3 is 39.1 Å². The van der Waals surface area contributed by atoms with Gasteiger partial charge in [0.1, 0.15) is 12.1 Å². The number of carbonyl (C=O) groups is 2. The molecule has 4 aromatic carbocycles. The molecule has 0 saturated carbocycles. The van der Waals surface area contributed by atoms with Crippen LogP contribution < -0.4 is 39.1 Å². The highest BCUT2D eigenvalue weighted by Gasteiger charge is 2.15. The summed E-state index contributed by atoms with van der Waals surface area (Å²) in [5.41, 5.74) is 2.54. The summed E-state index contributed by atoms with van der Waals surface area (Å²) in [6.07, 6.45) is 1.45. The molecule has 0 bridgehead atoms. The van der Waals surface area contributed by atoms with Gasteiger partial charge in [0.2, 0.25) is 0 Å². The van der Waals surface area contributed by atoms with E-state index in [4.69, 9.17) is 51.6 Å². The van der Waals surface area contributed by atoms with E-state index in [1.165, 1.54) is 40.8 Å². The second-order valence-corrected chi connectivity index (χ2v) is 10.4. The monoisotopic (exact) mass is 730 g/mol. The van der Waals surface area contributed by atoms with Crippen molar-refractivity contribution in [2.75, 3.05) is 53.3 Å². The number of methoxy groups -OCH3 is 6. The van der Waals surface area contributed by atoms with E-state index in [-0.39, 0.29) is 18.3 Å². The van der Waals surface area contributed by atoms with Gasteiger partial charge in [0.05, 0.1) is 58.9 Å². The molecule has 0 spiro atoms. The molecule has 258 valence electrons. The van der Waals surface area contributed by atoms with Gasteiger partial charge in [0.15, 0.2) is 34.5 Å². The number of anilines is 3. The molecule has 49 heavy (non-hydrogen) atoms. The van der Waals surface area contributed by atoms with Gasteiger partial charge in [-0.05, 0) is 72.3 Å². The van der Waals surface area contributed by atoms with Crippen LogP contribution in [-0.4, -0.2) is 63.8 Å². The van der Waals surface area contributed by atoms with Crippen LogP contribution in [0.5, 0.6) is 34.5 Å². The SMILES string of the molecule is COc1ccc(C(=O)Cl)cc1OC.COc1ccc(C(=O)Nc2cc(Nc3ncnc4cc(OC)c(OC)cc34)ccc2Cl)cc1OC.Cl. The van der Waals surface area contributed by atoms with Crippen LogP contribution in [-0.2, 0) is 0 Å². The van der Waals surface area contributed by atoms with E-state index in [0.717, 1.165) is 5.39 Å². The minimum Gasteiger partial charge on any atom is -0.493 e. The average Bonchev–Trinajstić information content (AvgIpc) is 3.11. The maximum atomic E-state index is 12.9. The fraction of sp³-hybridized carbons (Fsp3) is 0.176. The number of fused-ring (bicyclic) bond motifs is 1. The van der Waals surface area contributed by atoms with Crippen LogP contribution in [0.1, 0.15) is 20.7 Å². The zero-order chi connectivity index (χ0) is 34.8. The molecule has 0 atom stereocenters. The standard InChI is InChI=1S/C25H23ClN4O5.C9H9ClO3.ClH/c1-32-20-8-5-14(9-21(20)33-2)25(31)30-19-10-15(6-7-17(19)26)29-24-16-11-22(34-3)23(35-4)12-18(16)27-13-28-24;1-12-7-4-3-6(9(10)11)5-8(7)13-2;/h5-13H,1-4H3,(H,30,31)(H,27,28,29);3-5H,1-2H3;1H. The maximum absolute atomic E-state index is 12.9. The Bertz CT molecular complexity index is 1940. The molecule has 2 N–H and O–H groups in total. The highest BCUT2D eigenvalue weighted by Crippen LogP contribution is 2.36. The number of halogens is 3. The fourth-order valence-electron chi connectivity index (χ4n) is 4.45. The second kappa shape index (κ2) is 17.8. The first-order valence-electron chi connectivity index (χ1n) is 14.0. The Labute approximate surface area is 299 Å². The van der Waals surface area contributed by atoms with Crippen LogP contribution in [0.4, 0.5) is 17.2 Å². The third-order valence-corrected chi connectivity index (χ3v) is 7.42. The van der Waals surface area contributed by atoms with Crippen LogP contribution in [0.3, 0.4) is 0 Å². The van der Waals surface area contributed by atoms with Crippen molar-refractivity contribution in [3.63, 3.8) is 0 Å². The van der Waals surface area contributed by atoms with E-state index < -0.39 is 5.24 Å². The van der Waals surface area contributed by atoms with Gasteiger partial charge in [0, 0.05) is 28.3 Å². The lowest BCUT2D eigenvalue weighted by Crippen LogP contribution is -2.12. The Hall–Kier alpha value is -5.17. The van der Waals surface area contributed by atoms with Crippen molar-refractivity contribution in [2.45, 2.75) is 0 Å². The number of benzene rings is 4. The van der Waals surface area contributed by atoms with Crippen molar-refractivity contribution >= 4 is 74.9 Å². The molecule has 0 fully saturated rings. The van der Waals surface area contributed by atoms with E-state index in [1.54, 1.807) is 74.9 Å². The predicted molar refractivity (Wildman–Crippen MR) is 192 cm³/mol. The highest BCUT2D eigenvalue weighted by atomic mass is 35.5. The molecule has 5 aromatic rings. The number of nitrogens with zero attached hydrogens (tertiary/aromatic N) is 2. The lowest BCUT2D eigenvalue weighted by molar-refractivity contribution is 0.102. The molecule has 12 nitrogen and oxygen atoms in total. The third kappa shape index (κ3) is 9.26. The molecule has 0 aliphatic rings. The Balaban J connectivity index is 0.000000392. The zero-order valence-electron chi connectivity index (χ0n) is 27.3. The molecule has 1 amide bonds. The smallest absolute Gasteiger partial charge is 0.255 e. The van der Waals surface area contributed by atoms with Crippen molar-refractivity contribution in [1.29, 1.82) is 0 Å². The molecule has 0 aliphatic heterocycles. The van der Waals surface area contributed by atoms with Gasteiger partial charge in [-0.2, -0.15) is 0 Å². The van der Waals surface area contributed by atoms with Crippen molar-refractivity contribution in [3.8, 4) is 34.5 Å². The quantitative estimate of drug-likeness (QED) is 0.129. The summed E-state index contributed by atoms with van der Waals surface area (Å²) in [5.74, 6) is 3.36. The van der Waals surface area contributed by atoms with Crippen molar-refractivity contribution < 1.29 is 38.0 Å². The number of hydrogen-bond donors (Lipinski definition) is 2. The first kappa shape index (κ1) is 38.3. The molecule has 0 aliphatic carbocycles. The van der Waals surface area contributed by atoms with E-state index in [0.29, 0.717) is 73.4 Å². The highest BCUT2D eigenvalue weighted by molar-refractivity contribution is 6.67. The van der Waals surface area contributed by atoms with Gasteiger partial charge in [0.25, 0.3) is 11.1 Å². The Morgan fingerprint density at radius 1 is 0.633 bits per heavy atom. The summed E-state index contributed by atoms with van der Waals surface area (Å²) in [7, 11) is 9.19. The molecule has 15 heteroatoms. The summed E-state index contributed by atoms with van der Waals surface area (Å²) in [5, 5.41) is 6.69. The fourth-order valence-corrected chi connectivity index (χ4v) is 4.73. The first-order chi connectivity index (χ1) is 23.1. The predicted octanol–water partition coefficient (Wildman–Crippen LogP) is 7.82. The van der Waals surface area contributed by atoms with E-state index >= 15 is 0 Å². The molecular weight excluding hydrogens is 699 g/mol. The maximum Gasteiger partial charge on any atom is 0.255 e. The van der Waals surface area contributed by atoms with Gasteiger partial charge >= 0.3 is 0 Å². The van der Waals surface area contributed by atoms with E-state index in [1.807, 2.05) is 0 Å². The molecule has 0 radical (unpaired) electrons. The Morgan fingerprint density at radius 2 is 1.16 bits per heavy atom. The number of ether oxygens (including phenoxy) is 6. The first-order valence-corrected chi connectivity index (χ1v) is 14.8. The van der Waals surface area contributed by atoms with Crippen molar-refractivity contribution in [2.24, 2.45) is 0 Å². The molecule has 1 aromatic heterocycles. The van der Waals surface area contributed by atoms with Crippen LogP contribution in [0.15, 0.2) is 73.1 Å². The largest absolute Gasteiger partial charge is 0.493 e. The van der Waals surface area contributed by atoms with Crippen LogP contribution in [0, 0.1) is 0 Å². The molecule has 5 rings (SSSR count). The average molecular weight is 732 g/mol. The Morgan fingerprint density at radius 3 is 1.73 bits per heavy atom. The number of carbonyl (C=O) groups excluding carboxylic acids is 2. The summed E-state index contributed by atoms with van der Waals surface area (Å²) in [4.78, 5) is 32.3. The van der Waals surface area contributed by atoms with Crippen LogP contribution >= 0.6 is 35.6 Å². The normalized spacial score (nSPS) is 10.0. The number of amides is 1. The third-order valence-electron chi connectivity index (χ3n) is 6.87. The van der Waals surface area contributed by atoms with Crippen LogP contribution in [0.25, 0.3) is 10.9 Å². The molecule has 0 unspecified atom stereocenters. The Kier molecular flexibility index (Phi) is 13.9. The van der Waals surface area contributed by atoms with Gasteiger partial charge in [-0.1, -0.05) is 11.6 Å². The number of aromatic nitrogens is 2. The minimum absolute atomic E-state index is 0. The molecule has 0 saturated heterocycles. The number of rotatable bonds is 11. The topological polar surface area (TPSA) is 139 Å². The van der Waals surface area contributed by atoms with E-state index in [2.05, 4.69) is 20.6 Å². The number of nitrogens with one attached hydrogen (secondary N) is 2. The second-order valence-electron chi connectivity index (χ2n) is 9.63. The lowest BCUT2D eigenvalue weighted by Gasteiger charge is -2.14. The summed E-state index contributed by atoms with van der Waals surface area (Å²) in [6.45, 7) is 0. The van der Waals surface area contributed by atoms with Gasteiger partial charge in [-0.15, -0.1) is 12.4 Å². The summed E-state index contributed by atoms with van der Waals surface area (Å²) < 4.78 is 31.3. The minimum atomic E-state index is -0.513. The van der Waals surface area contributed by atoms with Gasteiger partial charge in [-0.3, -0.25) is 9.59 Å². The zero-order valence-corrected chi connectivity index (χ0v) is 29.6. The van der Waals surface area contributed by atoms with Crippen LogP contribution in [0.2, 0.25) is 5.02 Å². The van der Waals surface area contributed by atoms with Crippen molar-refractivity contribution in [3.05, 3.63) is 89.2 Å². The molecular formula is C34H33Cl3N4O8. The van der Waals surface area contributed by atoms with Gasteiger partial charge in [-0.25, -0.2) is 9.97 Å². The summed E-state index contributed by atoms with van der Waals surface area (Å²) in [6, 6.07) is 18.4. The summed E-state index contributed by atoms with van der Waals surface area (Å²) >= 11 is 11.7. The van der Waals surface area contributed by atoms with Crippen molar-refractivity contribution in [1.82, 2.24) is 9.97 Å². The number of hydrogen-bond acceptors (Lipinski definition) is 11. The molecule has 1 heterocycles.